The third-order valence-electron chi connectivity index (χ3n) is 5.90. The fourth-order valence-electron chi connectivity index (χ4n) is 4.29. The molecule has 0 aliphatic carbocycles. The molecule has 1 saturated heterocycles. The fraction of sp³-hybridized carbons (Fsp3) is 0.250. The highest BCUT2D eigenvalue weighted by atomic mass is 35.5. The highest BCUT2D eigenvalue weighted by molar-refractivity contribution is 7.90. The van der Waals surface area contributed by atoms with Gasteiger partial charge in [-0.2, -0.15) is 0 Å². The Morgan fingerprint density at radius 2 is 1.88 bits per heavy atom. The van der Waals surface area contributed by atoms with Crippen molar-refractivity contribution in [3.63, 3.8) is 0 Å². The van der Waals surface area contributed by atoms with Crippen LogP contribution >= 0.6 is 11.6 Å². The molecule has 6 nitrogen and oxygen atoms in total. The van der Waals surface area contributed by atoms with E-state index >= 15 is 0 Å². The Hall–Kier alpha value is -2.74. The molecule has 1 fully saturated rings. The lowest BCUT2D eigenvalue weighted by atomic mass is 9.96. The van der Waals surface area contributed by atoms with Crippen molar-refractivity contribution in [2.75, 3.05) is 13.1 Å². The minimum absolute atomic E-state index is 0.228. The molecule has 3 heterocycles. The molecule has 1 atom stereocenters. The van der Waals surface area contributed by atoms with Gasteiger partial charge in [0.1, 0.15) is 5.82 Å². The van der Waals surface area contributed by atoms with Gasteiger partial charge in [0.25, 0.3) is 10.0 Å². The Balaban J connectivity index is 1.62. The lowest BCUT2D eigenvalue weighted by Crippen LogP contribution is -2.31. The molecule has 0 spiro atoms. The van der Waals surface area contributed by atoms with Crippen molar-refractivity contribution in [2.24, 2.45) is 5.92 Å². The summed E-state index contributed by atoms with van der Waals surface area (Å²) in [5, 5.41) is 4.60. The number of rotatable bonds is 5. The van der Waals surface area contributed by atoms with Gasteiger partial charge in [-0.3, -0.25) is 0 Å². The summed E-state index contributed by atoms with van der Waals surface area (Å²) in [5.74, 6) is 1.21. The second-order valence-corrected chi connectivity index (χ2v) is 10.3. The summed E-state index contributed by atoms with van der Waals surface area (Å²) in [4.78, 5) is 9.45. The highest BCUT2D eigenvalue weighted by Crippen LogP contribution is 2.35. The molecule has 8 heteroatoms. The number of aromatic nitrogens is 3. The summed E-state index contributed by atoms with van der Waals surface area (Å²) in [6.07, 6.45) is 6.29. The van der Waals surface area contributed by atoms with Crippen LogP contribution in [0.1, 0.15) is 18.7 Å². The lowest BCUT2D eigenvalue weighted by Gasteiger charge is -2.22. The Labute approximate surface area is 192 Å². The number of piperidine rings is 1. The third kappa shape index (κ3) is 3.92. The molecule has 32 heavy (non-hydrogen) atoms. The van der Waals surface area contributed by atoms with Gasteiger partial charge >= 0.3 is 0 Å². The Morgan fingerprint density at radius 3 is 2.66 bits per heavy atom. The zero-order valence-electron chi connectivity index (χ0n) is 17.4. The molecule has 164 valence electrons. The number of nitrogens with one attached hydrogen (secondary N) is 1. The molecular weight excluding hydrogens is 444 g/mol. The van der Waals surface area contributed by atoms with Crippen LogP contribution in [0.15, 0.2) is 71.9 Å². The first-order chi connectivity index (χ1) is 15.5. The van der Waals surface area contributed by atoms with Gasteiger partial charge in [0, 0.05) is 29.8 Å². The number of hydrogen-bond acceptors (Lipinski definition) is 5. The van der Waals surface area contributed by atoms with Gasteiger partial charge in [-0.05, 0) is 50.0 Å². The molecule has 1 N–H and O–H groups in total. The van der Waals surface area contributed by atoms with Crippen LogP contribution in [0.25, 0.3) is 22.2 Å². The van der Waals surface area contributed by atoms with E-state index < -0.39 is 10.0 Å². The highest BCUT2D eigenvalue weighted by Gasteiger charge is 2.23. The summed E-state index contributed by atoms with van der Waals surface area (Å²) >= 11 is 6.52. The van der Waals surface area contributed by atoms with E-state index in [0.29, 0.717) is 27.7 Å². The molecule has 1 aliphatic rings. The monoisotopic (exact) mass is 466 g/mol. The number of hydrogen-bond donors (Lipinski definition) is 1. The second kappa shape index (κ2) is 8.65. The number of benzene rings is 2. The van der Waals surface area contributed by atoms with Gasteiger partial charge in [-0.25, -0.2) is 22.4 Å². The van der Waals surface area contributed by atoms with E-state index in [2.05, 4.69) is 10.3 Å². The molecule has 2 aromatic heterocycles. The maximum absolute atomic E-state index is 13.4. The van der Waals surface area contributed by atoms with Crippen LogP contribution in [0.4, 0.5) is 0 Å². The van der Waals surface area contributed by atoms with Crippen LogP contribution in [0, 0.1) is 5.92 Å². The Bertz CT molecular complexity index is 1360. The van der Waals surface area contributed by atoms with Gasteiger partial charge in [0.15, 0.2) is 0 Å². The maximum Gasteiger partial charge on any atom is 0.268 e. The number of fused-ring (bicyclic) bond motifs is 1. The Kier molecular flexibility index (Phi) is 5.71. The first-order valence-corrected chi connectivity index (χ1v) is 12.5. The largest absolute Gasteiger partial charge is 0.316 e. The van der Waals surface area contributed by atoms with E-state index in [4.69, 9.17) is 16.6 Å². The molecule has 0 amide bonds. The van der Waals surface area contributed by atoms with Gasteiger partial charge in [0.05, 0.1) is 21.1 Å². The van der Waals surface area contributed by atoms with Gasteiger partial charge in [-0.1, -0.05) is 48.0 Å². The summed E-state index contributed by atoms with van der Waals surface area (Å²) in [6, 6.07) is 15.8. The quantitative estimate of drug-likeness (QED) is 0.467. The van der Waals surface area contributed by atoms with Crippen LogP contribution in [-0.4, -0.2) is 35.4 Å². The summed E-state index contributed by atoms with van der Waals surface area (Å²) in [7, 11) is -3.78. The molecular formula is C24H23ClN4O2S. The zero-order valence-corrected chi connectivity index (χ0v) is 19.0. The van der Waals surface area contributed by atoms with Gasteiger partial charge < -0.3 is 5.32 Å². The predicted molar refractivity (Wildman–Crippen MR) is 126 cm³/mol. The minimum Gasteiger partial charge on any atom is -0.316 e. The molecule has 0 bridgehead atoms. The van der Waals surface area contributed by atoms with E-state index in [1.807, 2.05) is 18.2 Å². The van der Waals surface area contributed by atoms with E-state index in [1.54, 1.807) is 48.8 Å². The molecule has 2 aromatic carbocycles. The molecule has 1 aliphatic heterocycles. The summed E-state index contributed by atoms with van der Waals surface area (Å²) < 4.78 is 28.1. The SMILES string of the molecule is O=S(=O)(c1ccccc1)n1cc(-c2nc(CC3CCCNC3)ncc2Cl)c2ccccc21. The minimum atomic E-state index is -3.78. The van der Waals surface area contributed by atoms with Gasteiger partial charge in [0.2, 0.25) is 0 Å². The van der Waals surface area contributed by atoms with Crippen LogP contribution in [0.2, 0.25) is 5.02 Å². The van der Waals surface area contributed by atoms with Gasteiger partial charge in [-0.15, -0.1) is 0 Å². The molecule has 5 rings (SSSR count). The second-order valence-electron chi connectivity index (χ2n) is 8.07. The van der Waals surface area contributed by atoms with E-state index in [9.17, 15) is 8.42 Å². The third-order valence-corrected chi connectivity index (χ3v) is 7.86. The first kappa shape index (κ1) is 21.1. The molecule has 1 unspecified atom stereocenters. The lowest BCUT2D eigenvalue weighted by molar-refractivity contribution is 0.371. The van der Waals surface area contributed by atoms with Crippen LogP contribution in [0.3, 0.4) is 0 Å². The van der Waals surface area contributed by atoms with Crippen molar-refractivity contribution in [1.82, 2.24) is 19.3 Å². The van der Waals surface area contributed by atoms with Crippen molar-refractivity contribution in [3.05, 3.63) is 77.8 Å². The van der Waals surface area contributed by atoms with Crippen LogP contribution < -0.4 is 5.32 Å². The van der Waals surface area contributed by atoms with Crippen molar-refractivity contribution in [3.8, 4) is 11.3 Å². The molecule has 0 saturated carbocycles. The van der Waals surface area contributed by atoms with Crippen molar-refractivity contribution < 1.29 is 8.42 Å². The zero-order chi connectivity index (χ0) is 22.1. The first-order valence-electron chi connectivity index (χ1n) is 10.7. The van der Waals surface area contributed by atoms with E-state index in [0.717, 1.165) is 43.6 Å². The van der Waals surface area contributed by atoms with E-state index in [1.165, 1.54) is 3.97 Å². The topological polar surface area (TPSA) is 76.9 Å². The van der Waals surface area contributed by atoms with E-state index in [-0.39, 0.29) is 4.90 Å². The number of nitrogens with zero attached hydrogens (tertiary/aromatic N) is 3. The summed E-state index contributed by atoms with van der Waals surface area (Å²) in [6.45, 7) is 2.01. The molecule has 0 radical (unpaired) electrons. The Morgan fingerprint density at radius 1 is 1.09 bits per heavy atom. The standard InChI is InChI=1S/C24H23ClN4O2S/c25-21-15-27-23(13-17-7-6-12-26-14-17)28-24(21)20-16-29(22-11-5-4-10-19(20)22)32(30,31)18-8-2-1-3-9-18/h1-5,8-11,15-17,26H,6-7,12-14H2. The average Bonchev–Trinajstić information content (AvgIpc) is 3.22. The van der Waals surface area contributed by atoms with Crippen molar-refractivity contribution in [2.45, 2.75) is 24.2 Å². The van der Waals surface area contributed by atoms with Crippen LogP contribution in [0.5, 0.6) is 0 Å². The molecule has 4 aromatic rings. The normalized spacial score (nSPS) is 17.0. The predicted octanol–water partition coefficient (Wildman–Crippen LogP) is 4.53. The van der Waals surface area contributed by atoms with Crippen molar-refractivity contribution in [1.29, 1.82) is 0 Å². The fourth-order valence-corrected chi connectivity index (χ4v) is 5.87. The van der Waals surface area contributed by atoms with Crippen LogP contribution in [-0.2, 0) is 16.4 Å². The summed E-state index contributed by atoms with van der Waals surface area (Å²) in [5.41, 5.74) is 1.81. The maximum atomic E-state index is 13.4. The smallest absolute Gasteiger partial charge is 0.268 e. The number of para-hydroxylation sites is 1. The average molecular weight is 467 g/mol. The van der Waals surface area contributed by atoms with Crippen molar-refractivity contribution >= 4 is 32.5 Å². The number of halogens is 1.